The molecule has 0 aliphatic carbocycles. The van der Waals surface area contributed by atoms with Crippen LogP contribution in [0.3, 0.4) is 0 Å². The topological polar surface area (TPSA) is 47.8 Å². The molecule has 0 bridgehead atoms. The average Bonchev–Trinajstić information content (AvgIpc) is 2.69. The smallest absolute Gasteiger partial charge is 0.0992 e. The fourth-order valence-corrected chi connectivity index (χ4v) is 2.99. The summed E-state index contributed by atoms with van der Waals surface area (Å²) in [5, 5.41) is 16.5. The van der Waals surface area contributed by atoms with E-state index < -0.39 is 0 Å². The van der Waals surface area contributed by atoms with E-state index in [1.807, 2.05) is 6.07 Å². The van der Waals surface area contributed by atoms with E-state index in [9.17, 15) is 0 Å². The van der Waals surface area contributed by atoms with Crippen LogP contribution in [0.4, 0.5) is 5.69 Å². The van der Waals surface area contributed by atoms with E-state index in [1.54, 1.807) is 12.1 Å². The average molecular weight is 292 g/mol. The molecule has 0 saturated carbocycles. The molecule has 1 aromatic rings. The van der Waals surface area contributed by atoms with Crippen LogP contribution >= 0.6 is 11.6 Å². The van der Waals surface area contributed by atoms with Crippen molar-refractivity contribution in [2.24, 2.45) is 0 Å². The summed E-state index contributed by atoms with van der Waals surface area (Å²) < 4.78 is 0. The Balaban J connectivity index is 1.90. The van der Waals surface area contributed by atoms with Crippen molar-refractivity contribution in [1.82, 2.24) is 5.32 Å². The number of nitriles is 1. The largest absolute Gasteiger partial charge is 0.381 e. The highest BCUT2D eigenvalue weighted by Crippen LogP contribution is 2.24. The molecule has 2 unspecified atom stereocenters. The van der Waals surface area contributed by atoms with Crippen molar-refractivity contribution in [3.8, 4) is 6.07 Å². The molecule has 1 heterocycles. The van der Waals surface area contributed by atoms with Gasteiger partial charge in [0.25, 0.3) is 0 Å². The Morgan fingerprint density at radius 3 is 3.05 bits per heavy atom. The molecule has 4 heteroatoms. The van der Waals surface area contributed by atoms with Gasteiger partial charge in [0, 0.05) is 12.1 Å². The van der Waals surface area contributed by atoms with Gasteiger partial charge in [-0.2, -0.15) is 5.26 Å². The number of anilines is 1. The van der Waals surface area contributed by atoms with Gasteiger partial charge in [0.05, 0.1) is 22.3 Å². The van der Waals surface area contributed by atoms with E-state index in [1.165, 1.54) is 25.7 Å². The van der Waals surface area contributed by atoms with Gasteiger partial charge < -0.3 is 10.6 Å². The number of hydrogen-bond donors (Lipinski definition) is 2. The molecule has 1 aliphatic heterocycles. The number of nitrogens with zero attached hydrogens (tertiary/aromatic N) is 1. The van der Waals surface area contributed by atoms with Crippen LogP contribution in [0.25, 0.3) is 0 Å². The summed E-state index contributed by atoms with van der Waals surface area (Å²) in [5.41, 5.74) is 1.51. The lowest BCUT2D eigenvalue weighted by Crippen LogP contribution is -2.33. The number of nitrogens with one attached hydrogen (secondary N) is 2. The molecule has 1 saturated heterocycles. The fraction of sp³-hybridized carbons (Fsp3) is 0.562. The maximum atomic E-state index is 8.84. The first-order valence-electron chi connectivity index (χ1n) is 7.38. The third-order valence-corrected chi connectivity index (χ3v) is 4.11. The lowest BCUT2D eigenvalue weighted by molar-refractivity contribution is 0.456. The van der Waals surface area contributed by atoms with Crippen LogP contribution in [0, 0.1) is 11.3 Å². The second-order valence-electron chi connectivity index (χ2n) is 5.59. The number of benzene rings is 1. The zero-order chi connectivity index (χ0) is 14.4. The van der Waals surface area contributed by atoms with Crippen LogP contribution in [0.2, 0.25) is 5.02 Å². The van der Waals surface area contributed by atoms with E-state index >= 15 is 0 Å². The molecule has 0 aromatic heterocycles. The van der Waals surface area contributed by atoms with E-state index in [0.717, 1.165) is 18.7 Å². The molecular weight excluding hydrogens is 270 g/mol. The molecule has 2 rings (SSSR count). The third kappa shape index (κ3) is 4.40. The molecule has 20 heavy (non-hydrogen) atoms. The van der Waals surface area contributed by atoms with Gasteiger partial charge in [0.15, 0.2) is 0 Å². The van der Waals surface area contributed by atoms with Crippen molar-refractivity contribution in [2.75, 3.05) is 11.9 Å². The molecule has 1 aromatic carbocycles. The van der Waals surface area contributed by atoms with Gasteiger partial charge in [-0.05, 0) is 50.9 Å². The summed E-state index contributed by atoms with van der Waals surface area (Å²) in [4.78, 5) is 0. The quantitative estimate of drug-likeness (QED) is 0.883. The lowest BCUT2D eigenvalue weighted by atomic mass is 10.0. The first-order valence-corrected chi connectivity index (χ1v) is 7.76. The molecule has 3 nitrogen and oxygen atoms in total. The van der Waals surface area contributed by atoms with Gasteiger partial charge in [-0.15, -0.1) is 0 Å². The predicted octanol–water partition coefficient (Wildman–Crippen LogP) is 3.93. The van der Waals surface area contributed by atoms with Crippen molar-refractivity contribution in [2.45, 2.75) is 51.1 Å². The minimum atomic E-state index is 0.357. The summed E-state index contributed by atoms with van der Waals surface area (Å²) >= 11 is 6.19. The monoisotopic (exact) mass is 291 g/mol. The Hall–Kier alpha value is -1.24. The van der Waals surface area contributed by atoms with Crippen molar-refractivity contribution in [3.05, 3.63) is 28.8 Å². The summed E-state index contributed by atoms with van der Waals surface area (Å²) in [5.74, 6) is 0. The van der Waals surface area contributed by atoms with Gasteiger partial charge in [-0.3, -0.25) is 0 Å². The van der Waals surface area contributed by atoms with Crippen LogP contribution in [0.5, 0.6) is 0 Å². The van der Waals surface area contributed by atoms with E-state index in [-0.39, 0.29) is 0 Å². The van der Waals surface area contributed by atoms with E-state index in [4.69, 9.17) is 16.9 Å². The van der Waals surface area contributed by atoms with Crippen LogP contribution in [0.15, 0.2) is 18.2 Å². The van der Waals surface area contributed by atoms with Crippen LogP contribution < -0.4 is 10.6 Å². The highest BCUT2D eigenvalue weighted by atomic mass is 35.5. The zero-order valence-corrected chi connectivity index (χ0v) is 12.7. The fourth-order valence-electron chi connectivity index (χ4n) is 2.75. The Kier molecular flexibility index (Phi) is 5.70. The Morgan fingerprint density at radius 1 is 1.45 bits per heavy atom. The summed E-state index contributed by atoms with van der Waals surface area (Å²) in [7, 11) is 0. The van der Waals surface area contributed by atoms with Crippen molar-refractivity contribution < 1.29 is 0 Å². The molecule has 0 spiro atoms. The number of hydrogen-bond acceptors (Lipinski definition) is 3. The third-order valence-electron chi connectivity index (χ3n) is 3.80. The van der Waals surface area contributed by atoms with Crippen LogP contribution in [-0.2, 0) is 0 Å². The first kappa shape index (κ1) is 15.2. The maximum Gasteiger partial charge on any atom is 0.0992 e. The normalized spacial score (nSPS) is 20.8. The minimum Gasteiger partial charge on any atom is -0.381 e. The Morgan fingerprint density at radius 2 is 2.30 bits per heavy atom. The predicted molar refractivity (Wildman–Crippen MR) is 84.1 cm³/mol. The minimum absolute atomic E-state index is 0.357. The van der Waals surface area contributed by atoms with Crippen molar-refractivity contribution >= 4 is 17.3 Å². The highest BCUT2D eigenvalue weighted by Gasteiger charge is 2.15. The second-order valence-corrected chi connectivity index (χ2v) is 6.00. The number of rotatable bonds is 4. The molecule has 0 radical (unpaired) electrons. The van der Waals surface area contributed by atoms with E-state index in [0.29, 0.717) is 22.7 Å². The number of halogens is 1. The molecule has 108 valence electrons. The van der Waals surface area contributed by atoms with Gasteiger partial charge in [-0.25, -0.2) is 0 Å². The van der Waals surface area contributed by atoms with Crippen molar-refractivity contribution in [3.63, 3.8) is 0 Å². The van der Waals surface area contributed by atoms with E-state index in [2.05, 4.69) is 23.6 Å². The SMILES string of the molecule is CC(CC1CCCCCN1)Nc1ccc(C#N)cc1Cl. The Bertz CT molecular complexity index is 473. The first-order chi connectivity index (χ1) is 9.69. The van der Waals surface area contributed by atoms with Gasteiger partial charge in [0.1, 0.15) is 0 Å². The van der Waals surface area contributed by atoms with Gasteiger partial charge in [-0.1, -0.05) is 24.4 Å². The lowest BCUT2D eigenvalue weighted by Gasteiger charge is -2.22. The van der Waals surface area contributed by atoms with Crippen LogP contribution in [0.1, 0.15) is 44.6 Å². The zero-order valence-electron chi connectivity index (χ0n) is 12.0. The standard InChI is InChI=1S/C16H22ClN3/c1-12(9-14-5-3-2-4-8-19-14)20-16-7-6-13(11-18)10-15(16)17/h6-7,10,12,14,19-20H,2-5,8-9H2,1H3. The maximum absolute atomic E-state index is 8.84. The van der Waals surface area contributed by atoms with Gasteiger partial charge >= 0.3 is 0 Å². The summed E-state index contributed by atoms with van der Waals surface area (Å²) in [6.45, 7) is 3.32. The van der Waals surface area contributed by atoms with Gasteiger partial charge in [0.2, 0.25) is 0 Å². The molecule has 2 N–H and O–H groups in total. The molecule has 1 aliphatic rings. The molecule has 2 atom stereocenters. The second kappa shape index (κ2) is 7.52. The van der Waals surface area contributed by atoms with Crippen molar-refractivity contribution in [1.29, 1.82) is 5.26 Å². The Labute approximate surface area is 126 Å². The van der Waals surface area contributed by atoms with Crippen LogP contribution in [-0.4, -0.2) is 18.6 Å². The summed E-state index contributed by atoms with van der Waals surface area (Å²) in [6, 6.07) is 8.44. The molecule has 1 fully saturated rings. The highest BCUT2D eigenvalue weighted by molar-refractivity contribution is 6.33. The molecule has 0 amide bonds. The summed E-state index contributed by atoms with van der Waals surface area (Å²) in [6.07, 6.45) is 6.30. The molecular formula is C16H22ClN3.